The van der Waals surface area contributed by atoms with E-state index in [1.165, 1.54) is 12.1 Å². The minimum Gasteiger partial charge on any atom is -0.398 e. The van der Waals surface area contributed by atoms with Crippen molar-refractivity contribution in [1.29, 1.82) is 0 Å². The van der Waals surface area contributed by atoms with E-state index in [1.54, 1.807) is 6.20 Å². The van der Waals surface area contributed by atoms with Crippen LogP contribution in [0.25, 0.3) is 10.8 Å². The van der Waals surface area contributed by atoms with Crippen molar-refractivity contribution in [2.75, 3.05) is 17.7 Å². The number of hydrogen-bond acceptors (Lipinski definition) is 3. The van der Waals surface area contributed by atoms with Crippen LogP contribution in [-0.4, -0.2) is 18.1 Å². The molecule has 2 N–H and O–H groups in total. The highest BCUT2D eigenvalue weighted by atomic mass is 15.1. The summed E-state index contributed by atoms with van der Waals surface area (Å²) >= 11 is 0. The Morgan fingerprint density at radius 3 is 2.58 bits per heavy atom. The van der Waals surface area contributed by atoms with Crippen LogP contribution in [0.1, 0.15) is 27.2 Å². The van der Waals surface area contributed by atoms with E-state index in [4.69, 9.17) is 5.73 Å². The number of anilines is 2. The average Bonchev–Trinajstić information content (AvgIpc) is 2.38. The second-order valence-electron chi connectivity index (χ2n) is 5.68. The lowest BCUT2D eigenvalue weighted by atomic mass is 10.0. The third-order valence-corrected chi connectivity index (χ3v) is 3.68. The lowest BCUT2D eigenvalue weighted by molar-refractivity contribution is 0.504. The Balaban J connectivity index is 2.42. The van der Waals surface area contributed by atoms with E-state index in [0.717, 1.165) is 16.5 Å². The summed E-state index contributed by atoms with van der Waals surface area (Å²) in [5, 5.41) is 2.21. The van der Waals surface area contributed by atoms with E-state index in [0.29, 0.717) is 12.0 Å². The summed E-state index contributed by atoms with van der Waals surface area (Å²) in [6.07, 6.45) is 4.86. The first kappa shape index (κ1) is 13.7. The van der Waals surface area contributed by atoms with Crippen molar-refractivity contribution in [1.82, 2.24) is 4.98 Å². The molecule has 1 unspecified atom stereocenters. The summed E-state index contributed by atoms with van der Waals surface area (Å²) in [4.78, 5) is 6.56. The van der Waals surface area contributed by atoms with Gasteiger partial charge in [-0.05, 0) is 37.5 Å². The molecule has 0 saturated heterocycles. The average molecular weight is 257 g/mol. The van der Waals surface area contributed by atoms with Crippen molar-refractivity contribution < 1.29 is 0 Å². The van der Waals surface area contributed by atoms with Gasteiger partial charge in [-0.1, -0.05) is 13.8 Å². The molecule has 1 aromatic heterocycles. The van der Waals surface area contributed by atoms with E-state index in [-0.39, 0.29) is 0 Å². The normalized spacial score (nSPS) is 12.9. The number of nitrogens with zero attached hydrogens (tertiary/aromatic N) is 2. The number of rotatable bonds is 4. The van der Waals surface area contributed by atoms with Crippen LogP contribution in [0.5, 0.6) is 0 Å². The molecule has 0 aliphatic rings. The molecule has 1 heterocycles. The zero-order chi connectivity index (χ0) is 14.0. The highest BCUT2D eigenvalue weighted by Crippen LogP contribution is 2.31. The second-order valence-corrected chi connectivity index (χ2v) is 5.68. The number of fused-ring (bicyclic) bond motifs is 1. The van der Waals surface area contributed by atoms with Crippen molar-refractivity contribution in [3.05, 3.63) is 30.6 Å². The maximum absolute atomic E-state index is 6.04. The number of benzene rings is 1. The molecule has 0 fully saturated rings. The van der Waals surface area contributed by atoms with Crippen LogP contribution in [0.4, 0.5) is 11.4 Å². The number of hydrogen-bond donors (Lipinski definition) is 1. The van der Waals surface area contributed by atoms with Crippen LogP contribution in [0.15, 0.2) is 30.6 Å². The summed E-state index contributed by atoms with van der Waals surface area (Å²) in [6, 6.07) is 6.55. The van der Waals surface area contributed by atoms with E-state index in [9.17, 15) is 0 Å². The summed E-state index contributed by atoms with van der Waals surface area (Å²) in [5.74, 6) is 0.690. The van der Waals surface area contributed by atoms with Crippen LogP contribution in [-0.2, 0) is 0 Å². The first-order valence-electron chi connectivity index (χ1n) is 6.85. The molecule has 3 heteroatoms. The lowest BCUT2D eigenvalue weighted by Crippen LogP contribution is -2.30. The predicted molar refractivity (Wildman–Crippen MR) is 83.5 cm³/mol. The SMILES string of the molecule is CC(C)CC(C)N(C)c1ccc(N)c2ccncc12. The maximum atomic E-state index is 6.04. The van der Waals surface area contributed by atoms with Gasteiger partial charge in [-0.15, -0.1) is 0 Å². The maximum Gasteiger partial charge on any atom is 0.0462 e. The highest BCUT2D eigenvalue weighted by Gasteiger charge is 2.14. The fourth-order valence-electron chi connectivity index (χ4n) is 2.58. The van der Waals surface area contributed by atoms with Gasteiger partial charge in [0, 0.05) is 47.6 Å². The van der Waals surface area contributed by atoms with Gasteiger partial charge in [0.05, 0.1) is 0 Å². The summed E-state index contributed by atoms with van der Waals surface area (Å²) in [5.41, 5.74) is 8.05. The monoisotopic (exact) mass is 257 g/mol. The molecule has 0 amide bonds. The number of aromatic nitrogens is 1. The van der Waals surface area contributed by atoms with Crippen LogP contribution >= 0.6 is 0 Å². The molecule has 2 aromatic rings. The molecular weight excluding hydrogens is 234 g/mol. The van der Waals surface area contributed by atoms with E-state index in [2.05, 4.69) is 43.8 Å². The molecule has 0 saturated carbocycles. The van der Waals surface area contributed by atoms with Gasteiger partial charge in [-0.3, -0.25) is 4.98 Å². The zero-order valence-electron chi connectivity index (χ0n) is 12.2. The summed E-state index contributed by atoms with van der Waals surface area (Å²) in [7, 11) is 2.14. The number of nitrogen functional groups attached to an aromatic ring is 1. The van der Waals surface area contributed by atoms with Gasteiger partial charge < -0.3 is 10.6 Å². The minimum atomic E-state index is 0.493. The zero-order valence-corrected chi connectivity index (χ0v) is 12.2. The van der Waals surface area contributed by atoms with Crippen molar-refractivity contribution in [2.45, 2.75) is 33.2 Å². The topological polar surface area (TPSA) is 42.1 Å². The Bertz CT molecular complexity index is 563. The van der Waals surface area contributed by atoms with Gasteiger partial charge >= 0.3 is 0 Å². The van der Waals surface area contributed by atoms with Gasteiger partial charge in [-0.25, -0.2) is 0 Å². The van der Waals surface area contributed by atoms with Gasteiger partial charge in [0.2, 0.25) is 0 Å². The molecule has 0 aliphatic carbocycles. The van der Waals surface area contributed by atoms with Crippen LogP contribution in [0.3, 0.4) is 0 Å². The summed E-state index contributed by atoms with van der Waals surface area (Å²) < 4.78 is 0. The Morgan fingerprint density at radius 2 is 1.89 bits per heavy atom. The molecule has 2 rings (SSSR count). The summed E-state index contributed by atoms with van der Waals surface area (Å²) in [6.45, 7) is 6.78. The molecule has 3 nitrogen and oxygen atoms in total. The van der Waals surface area contributed by atoms with E-state index >= 15 is 0 Å². The Morgan fingerprint density at radius 1 is 1.16 bits per heavy atom. The molecule has 0 spiro atoms. The van der Waals surface area contributed by atoms with Gasteiger partial charge in [-0.2, -0.15) is 0 Å². The fourth-order valence-corrected chi connectivity index (χ4v) is 2.58. The molecule has 0 aliphatic heterocycles. The second kappa shape index (κ2) is 5.47. The molecule has 19 heavy (non-hydrogen) atoms. The van der Waals surface area contributed by atoms with E-state index < -0.39 is 0 Å². The van der Waals surface area contributed by atoms with Crippen LogP contribution in [0, 0.1) is 5.92 Å². The van der Waals surface area contributed by atoms with Crippen molar-refractivity contribution in [3.63, 3.8) is 0 Å². The number of pyridine rings is 1. The third kappa shape index (κ3) is 2.80. The van der Waals surface area contributed by atoms with Gasteiger partial charge in [0.25, 0.3) is 0 Å². The fraction of sp³-hybridized carbons (Fsp3) is 0.438. The van der Waals surface area contributed by atoms with E-state index in [1.807, 2.05) is 18.3 Å². The standard InChI is InChI=1S/C16H23N3/c1-11(2)9-12(3)19(4)16-6-5-15(17)13-7-8-18-10-14(13)16/h5-8,10-12H,9,17H2,1-4H3. The van der Waals surface area contributed by atoms with Gasteiger partial charge in [0.15, 0.2) is 0 Å². The largest absolute Gasteiger partial charge is 0.398 e. The van der Waals surface area contributed by atoms with Crippen LogP contribution < -0.4 is 10.6 Å². The molecule has 1 atom stereocenters. The molecule has 0 radical (unpaired) electrons. The smallest absolute Gasteiger partial charge is 0.0462 e. The van der Waals surface area contributed by atoms with Crippen LogP contribution in [0.2, 0.25) is 0 Å². The Hall–Kier alpha value is -1.77. The van der Waals surface area contributed by atoms with Gasteiger partial charge in [0.1, 0.15) is 0 Å². The molecule has 1 aromatic carbocycles. The predicted octanol–water partition coefficient (Wildman–Crippen LogP) is 3.69. The highest BCUT2D eigenvalue weighted by molar-refractivity contribution is 6.00. The molecule has 102 valence electrons. The quantitative estimate of drug-likeness (QED) is 0.849. The first-order chi connectivity index (χ1) is 9.00. The van der Waals surface area contributed by atoms with Crippen molar-refractivity contribution in [3.8, 4) is 0 Å². The Kier molecular flexibility index (Phi) is 3.93. The lowest BCUT2D eigenvalue weighted by Gasteiger charge is -2.29. The van der Waals surface area contributed by atoms with Crippen molar-refractivity contribution in [2.24, 2.45) is 5.92 Å². The molecular formula is C16H23N3. The number of nitrogens with two attached hydrogens (primary N) is 1. The first-order valence-corrected chi connectivity index (χ1v) is 6.85. The van der Waals surface area contributed by atoms with Crippen molar-refractivity contribution >= 4 is 22.1 Å². The minimum absolute atomic E-state index is 0.493. The molecule has 0 bridgehead atoms. The third-order valence-electron chi connectivity index (χ3n) is 3.68. The Labute approximate surface area is 115 Å².